The van der Waals surface area contributed by atoms with Crippen LogP contribution in [0.1, 0.15) is 10.0 Å². The van der Waals surface area contributed by atoms with Gasteiger partial charge in [-0.25, -0.2) is 0 Å². The molecule has 0 fully saturated rings. The minimum atomic E-state index is -4.31. The fourth-order valence-corrected chi connectivity index (χ4v) is 1.50. The molecule has 0 aliphatic carbocycles. The van der Waals surface area contributed by atoms with Gasteiger partial charge in [-0.05, 0) is 0 Å². The van der Waals surface area contributed by atoms with Gasteiger partial charge in [0.05, 0.1) is 5.88 Å². The first-order valence-electron chi connectivity index (χ1n) is 3.53. The molecule has 0 saturated carbocycles. The molecule has 0 saturated heterocycles. The summed E-state index contributed by atoms with van der Waals surface area (Å²) in [5.41, 5.74) is 0. The lowest BCUT2D eigenvalue weighted by Crippen LogP contribution is -2.16. The maximum absolute atomic E-state index is 11.7. The van der Waals surface area contributed by atoms with E-state index >= 15 is 0 Å². The minimum Gasteiger partial charge on any atom is -0.365 e. The van der Waals surface area contributed by atoms with Gasteiger partial charge in [-0.2, -0.15) is 13.2 Å². The van der Waals surface area contributed by atoms with Gasteiger partial charge in [0, 0.05) is 0 Å². The SMILES string of the molecule is FC(F)(F)COCc1nnc(CCl)s1. The molecule has 0 aliphatic heterocycles. The van der Waals surface area contributed by atoms with Crippen LogP contribution < -0.4 is 0 Å². The van der Waals surface area contributed by atoms with Gasteiger partial charge < -0.3 is 4.74 Å². The second-order valence-electron chi connectivity index (χ2n) is 2.33. The van der Waals surface area contributed by atoms with Gasteiger partial charge in [0.1, 0.15) is 23.2 Å². The number of alkyl halides is 4. The Hall–Kier alpha value is -0.400. The highest BCUT2D eigenvalue weighted by molar-refractivity contribution is 7.11. The predicted octanol–water partition coefficient (Wildman–Crippen LogP) is 2.36. The number of halogens is 4. The molecule has 1 aromatic rings. The molecular weight excluding hydrogens is 241 g/mol. The van der Waals surface area contributed by atoms with E-state index in [0.29, 0.717) is 10.0 Å². The molecule has 1 rings (SSSR count). The summed E-state index contributed by atoms with van der Waals surface area (Å²) in [5, 5.41) is 8.18. The van der Waals surface area contributed by atoms with E-state index in [4.69, 9.17) is 11.6 Å². The van der Waals surface area contributed by atoms with Crippen LogP contribution in [0, 0.1) is 0 Å². The summed E-state index contributed by atoms with van der Waals surface area (Å²) in [7, 11) is 0. The summed E-state index contributed by atoms with van der Waals surface area (Å²) < 4.78 is 39.3. The molecule has 0 bridgehead atoms. The van der Waals surface area contributed by atoms with Crippen molar-refractivity contribution in [1.82, 2.24) is 10.2 Å². The van der Waals surface area contributed by atoms with Crippen LogP contribution in [-0.2, 0) is 17.2 Å². The third-order valence-electron chi connectivity index (χ3n) is 1.11. The lowest BCUT2D eigenvalue weighted by atomic mass is 10.7. The maximum Gasteiger partial charge on any atom is 0.411 e. The predicted molar refractivity (Wildman–Crippen MR) is 45.2 cm³/mol. The summed E-state index contributed by atoms with van der Waals surface area (Å²) >= 11 is 6.57. The van der Waals surface area contributed by atoms with E-state index in [0.717, 1.165) is 11.3 Å². The smallest absolute Gasteiger partial charge is 0.365 e. The monoisotopic (exact) mass is 246 g/mol. The van der Waals surface area contributed by atoms with Crippen LogP contribution in [-0.4, -0.2) is 23.0 Å². The highest BCUT2D eigenvalue weighted by atomic mass is 35.5. The van der Waals surface area contributed by atoms with Gasteiger partial charge in [0.2, 0.25) is 0 Å². The Labute approximate surface area is 86.9 Å². The number of rotatable bonds is 4. The van der Waals surface area contributed by atoms with Crippen LogP contribution in [0.15, 0.2) is 0 Å². The van der Waals surface area contributed by atoms with Crippen LogP contribution >= 0.6 is 22.9 Å². The van der Waals surface area contributed by atoms with Crippen molar-refractivity contribution in [3.8, 4) is 0 Å². The average Bonchev–Trinajstić information content (AvgIpc) is 2.50. The summed E-state index contributed by atoms with van der Waals surface area (Å²) in [5.74, 6) is 0.205. The summed E-state index contributed by atoms with van der Waals surface area (Å²) in [6.45, 7) is -1.46. The van der Waals surface area contributed by atoms with E-state index in [-0.39, 0.29) is 12.5 Å². The number of hydrogen-bond donors (Lipinski definition) is 0. The molecule has 0 aliphatic rings. The van der Waals surface area contributed by atoms with Crippen LogP contribution in [0.3, 0.4) is 0 Å². The molecule has 0 atom stereocenters. The van der Waals surface area contributed by atoms with Gasteiger partial charge >= 0.3 is 6.18 Å². The van der Waals surface area contributed by atoms with E-state index in [1.165, 1.54) is 0 Å². The molecule has 14 heavy (non-hydrogen) atoms. The van der Waals surface area contributed by atoms with Crippen molar-refractivity contribution in [2.75, 3.05) is 6.61 Å². The van der Waals surface area contributed by atoms with Crippen LogP contribution in [0.2, 0.25) is 0 Å². The maximum atomic E-state index is 11.7. The second kappa shape index (κ2) is 4.90. The zero-order valence-electron chi connectivity index (χ0n) is 6.84. The van der Waals surface area contributed by atoms with Gasteiger partial charge in [0.15, 0.2) is 0 Å². The van der Waals surface area contributed by atoms with E-state index < -0.39 is 12.8 Å². The Morgan fingerprint density at radius 2 is 1.93 bits per heavy atom. The first-order valence-corrected chi connectivity index (χ1v) is 4.88. The third kappa shape index (κ3) is 4.21. The molecule has 0 aromatic carbocycles. The van der Waals surface area contributed by atoms with Crippen LogP contribution in [0.5, 0.6) is 0 Å². The van der Waals surface area contributed by atoms with Crippen molar-refractivity contribution < 1.29 is 17.9 Å². The second-order valence-corrected chi connectivity index (χ2v) is 3.75. The molecule has 1 aromatic heterocycles. The van der Waals surface area contributed by atoms with Gasteiger partial charge in [-0.15, -0.1) is 21.8 Å². The summed E-state index contributed by atoms with van der Waals surface area (Å²) in [6, 6.07) is 0. The molecule has 0 N–H and O–H groups in total. The van der Waals surface area contributed by atoms with Crippen molar-refractivity contribution in [2.24, 2.45) is 0 Å². The lowest BCUT2D eigenvalue weighted by Gasteiger charge is -2.04. The molecule has 80 valence electrons. The van der Waals surface area contributed by atoms with Crippen molar-refractivity contribution in [3.63, 3.8) is 0 Å². The Balaban J connectivity index is 2.31. The molecule has 0 spiro atoms. The fourth-order valence-electron chi connectivity index (χ4n) is 0.655. The molecule has 0 radical (unpaired) electrons. The number of nitrogens with zero attached hydrogens (tertiary/aromatic N) is 2. The van der Waals surface area contributed by atoms with Gasteiger partial charge in [-0.1, -0.05) is 11.3 Å². The van der Waals surface area contributed by atoms with Crippen LogP contribution in [0.4, 0.5) is 13.2 Å². The largest absolute Gasteiger partial charge is 0.411 e. The van der Waals surface area contributed by atoms with Crippen molar-refractivity contribution in [1.29, 1.82) is 0 Å². The quantitative estimate of drug-likeness (QED) is 0.765. The first-order chi connectivity index (χ1) is 6.51. The first kappa shape index (κ1) is 11.7. The summed E-state index contributed by atoms with van der Waals surface area (Å²) in [6.07, 6.45) is -4.31. The van der Waals surface area contributed by atoms with Crippen molar-refractivity contribution in [3.05, 3.63) is 10.0 Å². The molecule has 0 amide bonds. The van der Waals surface area contributed by atoms with Gasteiger partial charge in [-0.3, -0.25) is 0 Å². The normalized spacial score (nSPS) is 12.0. The van der Waals surface area contributed by atoms with Crippen LogP contribution in [0.25, 0.3) is 0 Å². The van der Waals surface area contributed by atoms with E-state index in [2.05, 4.69) is 14.9 Å². The average molecular weight is 247 g/mol. The standard InChI is InChI=1S/C6H6ClF3N2OS/c7-1-4-11-12-5(14-4)2-13-3-6(8,9)10/h1-3H2. The minimum absolute atomic E-state index is 0.186. The number of hydrogen-bond acceptors (Lipinski definition) is 4. The number of ether oxygens (including phenoxy) is 1. The van der Waals surface area contributed by atoms with Crippen molar-refractivity contribution >= 4 is 22.9 Å². The Morgan fingerprint density at radius 1 is 1.29 bits per heavy atom. The summed E-state index contributed by atoms with van der Waals surface area (Å²) in [4.78, 5) is 0. The Bertz CT molecular complexity index is 291. The third-order valence-corrected chi connectivity index (χ3v) is 2.42. The van der Waals surface area contributed by atoms with Crippen molar-refractivity contribution in [2.45, 2.75) is 18.7 Å². The Morgan fingerprint density at radius 3 is 2.43 bits per heavy atom. The van der Waals surface area contributed by atoms with E-state index in [1.54, 1.807) is 0 Å². The Kier molecular flexibility index (Phi) is 4.09. The van der Waals surface area contributed by atoms with Gasteiger partial charge in [0.25, 0.3) is 0 Å². The number of aromatic nitrogens is 2. The zero-order valence-corrected chi connectivity index (χ0v) is 8.42. The fraction of sp³-hybridized carbons (Fsp3) is 0.667. The lowest BCUT2D eigenvalue weighted by molar-refractivity contribution is -0.176. The topological polar surface area (TPSA) is 35.0 Å². The molecule has 8 heteroatoms. The molecule has 1 heterocycles. The van der Waals surface area contributed by atoms with E-state index in [9.17, 15) is 13.2 Å². The van der Waals surface area contributed by atoms with E-state index in [1.807, 2.05) is 0 Å². The highest BCUT2D eigenvalue weighted by Crippen LogP contribution is 2.17. The molecular formula is C6H6ClF3N2OS. The molecule has 3 nitrogen and oxygen atoms in total. The zero-order chi connectivity index (χ0) is 10.6. The molecule has 0 unspecified atom stereocenters. The highest BCUT2D eigenvalue weighted by Gasteiger charge is 2.27.